The maximum Gasteiger partial charge on any atom is 0.310 e. The van der Waals surface area contributed by atoms with Crippen LogP contribution in [0.3, 0.4) is 0 Å². The summed E-state index contributed by atoms with van der Waals surface area (Å²) in [5, 5.41) is 31.1. The van der Waals surface area contributed by atoms with Gasteiger partial charge in [-0.3, -0.25) is 0 Å². The normalized spacial score (nSPS) is 35.9. The Morgan fingerprint density at radius 1 is 0.846 bits per heavy atom. The third-order valence-electron chi connectivity index (χ3n) is 6.59. The molecule has 6 N–H and O–H groups in total. The van der Waals surface area contributed by atoms with Gasteiger partial charge in [0, 0.05) is 20.0 Å². The minimum Gasteiger partial charge on any atom is -0.322 e. The molecule has 2 saturated heterocycles. The van der Waals surface area contributed by atoms with E-state index >= 15 is 0 Å². The first-order valence-electron chi connectivity index (χ1n) is 9.53. The highest BCUT2D eigenvalue weighted by Crippen LogP contribution is 2.42. The lowest BCUT2D eigenvalue weighted by Crippen LogP contribution is -2.84. The van der Waals surface area contributed by atoms with Crippen LogP contribution in [0, 0.1) is 10.8 Å². The molecule has 0 amide bonds. The van der Waals surface area contributed by atoms with E-state index in [9.17, 15) is 0 Å². The zero-order valence-electron chi connectivity index (χ0n) is 15.7. The Hall–Kier alpha value is -2.20. The molecule has 142 valence electrons. The van der Waals surface area contributed by atoms with Gasteiger partial charge in [0.25, 0.3) is 5.66 Å². The van der Waals surface area contributed by atoms with Crippen molar-refractivity contribution in [3.63, 3.8) is 0 Å². The molecule has 4 aliphatic rings. The molecular weight excluding hydrogens is 332 g/mol. The summed E-state index contributed by atoms with van der Waals surface area (Å²) >= 11 is 0. The Morgan fingerprint density at radius 2 is 1.31 bits per heavy atom. The highest BCUT2D eigenvalue weighted by molar-refractivity contribution is 5.92. The van der Waals surface area contributed by atoms with E-state index < -0.39 is 5.66 Å². The second-order valence-electron chi connectivity index (χ2n) is 7.45. The zero-order valence-corrected chi connectivity index (χ0v) is 15.7. The molecule has 0 aromatic carbocycles. The standard InChI is InChI=1S/C16H30N10/c1-3-16(2,25(10-8-19-12(25)17)14-21-4-5-22-14)26(11-9-20-13(26)18)15-23-6-7-24-15/h3-11H2,1-2H3,(H2,17,19)(H2,18,20)(H,21,22)(H,23,24)/q+2. The van der Waals surface area contributed by atoms with Crippen LogP contribution in [0.4, 0.5) is 0 Å². The third-order valence-corrected chi connectivity index (χ3v) is 6.59. The van der Waals surface area contributed by atoms with Crippen molar-refractivity contribution in [2.24, 2.45) is 9.98 Å². The van der Waals surface area contributed by atoms with E-state index in [2.05, 4.69) is 35.1 Å². The van der Waals surface area contributed by atoms with Crippen LogP contribution in [0.15, 0.2) is 9.98 Å². The zero-order chi connectivity index (χ0) is 18.4. The number of guanidine groups is 4. The maximum absolute atomic E-state index is 8.84. The van der Waals surface area contributed by atoms with Gasteiger partial charge in [-0.1, -0.05) is 6.92 Å². The average molecular weight is 362 g/mol. The van der Waals surface area contributed by atoms with Crippen molar-refractivity contribution in [1.29, 1.82) is 10.8 Å². The number of hydrogen-bond acceptors (Lipinski definition) is 6. The van der Waals surface area contributed by atoms with E-state index in [1.54, 1.807) is 0 Å². The van der Waals surface area contributed by atoms with E-state index in [1.165, 1.54) is 0 Å². The molecule has 0 bridgehead atoms. The van der Waals surface area contributed by atoms with Gasteiger partial charge in [0.15, 0.2) is 0 Å². The summed E-state index contributed by atoms with van der Waals surface area (Å²) < 4.78 is 0.627. The Kier molecular flexibility index (Phi) is 3.92. The van der Waals surface area contributed by atoms with Crippen LogP contribution in [0.5, 0.6) is 0 Å². The Labute approximate surface area is 153 Å². The lowest BCUT2D eigenvalue weighted by Gasteiger charge is -2.52. The molecule has 2 atom stereocenters. The van der Waals surface area contributed by atoms with Gasteiger partial charge in [-0.25, -0.2) is 20.8 Å². The molecule has 0 aromatic rings. The van der Waals surface area contributed by atoms with Gasteiger partial charge >= 0.3 is 23.8 Å². The van der Waals surface area contributed by atoms with Gasteiger partial charge in [-0.05, 0) is 0 Å². The monoisotopic (exact) mass is 362 g/mol. The fourth-order valence-corrected chi connectivity index (χ4v) is 5.13. The molecule has 2 unspecified atom stereocenters. The highest BCUT2D eigenvalue weighted by atomic mass is 15.7. The number of aliphatic imine (C=N–C) groups is 2. The number of hydrogen-bond donors (Lipinski definition) is 6. The van der Waals surface area contributed by atoms with Crippen LogP contribution in [0.1, 0.15) is 20.3 Å². The molecule has 4 rings (SSSR count). The van der Waals surface area contributed by atoms with Crippen molar-refractivity contribution in [1.82, 2.24) is 21.3 Å². The van der Waals surface area contributed by atoms with Crippen molar-refractivity contribution in [2.45, 2.75) is 25.9 Å². The fraction of sp³-hybridized carbons (Fsp3) is 0.750. The van der Waals surface area contributed by atoms with Crippen LogP contribution in [0.2, 0.25) is 0 Å². The van der Waals surface area contributed by atoms with Gasteiger partial charge in [-0.2, -0.15) is 0 Å². The van der Waals surface area contributed by atoms with Crippen LogP contribution < -0.4 is 21.3 Å². The van der Waals surface area contributed by atoms with Crippen molar-refractivity contribution in [3.05, 3.63) is 0 Å². The second kappa shape index (κ2) is 5.92. The van der Waals surface area contributed by atoms with Crippen molar-refractivity contribution in [2.75, 3.05) is 52.4 Å². The number of nitrogens with one attached hydrogen (secondary N) is 6. The average Bonchev–Trinajstić information content (AvgIpc) is 3.41. The summed E-state index contributed by atoms with van der Waals surface area (Å²) in [5.41, 5.74) is -0.520. The smallest absolute Gasteiger partial charge is 0.310 e. The topological polar surface area (TPSA) is 121 Å². The van der Waals surface area contributed by atoms with E-state index in [0.717, 1.165) is 70.7 Å². The van der Waals surface area contributed by atoms with E-state index in [-0.39, 0.29) is 0 Å². The van der Waals surface area contributed by atoms with Crippen LogP contribution in [-0.4, -0.2) is 90.8 Å². The van der Waals surface area contributed by atoms with Crippen molar-refractivity contribution in [3.8, 4) is 0 Å². The molecule has 10 heteroatoms. The number of quaternary nitrogens is 2. The minimum atomic E-state index is -0.520. The largest absolute Gasteiger partial charge is 0.322 e. The van der Waals surface area contributed by atoms with Gasteiger partial charge < -0.3 is 21.3 Å². The molecular formula is C16H30N10+2. The first-order chi connectivity index (χ1) is 12.5. The Bertz CT molecular complexity index is 643. The number of nitrogens with zero attached hydrogens (tertiary/aromatic N) is 4. The van der Waals surface area contributed by atoms with Crippen molar-refractivity contribution < 1.29 is 8.97 Å². The quantitative estimate of drug-likeness (QED) is 0.351. The van der Waals surface area contributed by atoms with Gasteiger partial charge in [-0.15, -0.1) is 8.97 Å². The van der Waals surface area contributed by atoms with Gasteiger partial charge in [0.1, 0.15) is 13.1 Å². The molecule has 0 spiro atoms. The first kappa shape index (κ1) is 17.2. The van der Waals surface area contributed by atoms with Crippen LogP contribution in [0.25, 0.3) is 0 Å². The third kappa shape index (κ3) is 1.88. The summed E-state index contributed by atoms with van der Waals surface area (Å²) in [6.45, 7) is 10.4. The molecule has 4 aliphatic heterocycles. The molecule has 26 heavy (non-hydrogen) atoms. The summed E-state index contributed by atoms with van der Waals surface area (Å²) in [6.07, 6.45) is 0.780. The highest BCUT2D eigenvalue weighted by Gasteiger charge is 2.72. The summed E-state index contributed by atoms with van der Waals surface area (Å²) in [6, 6.07) is 0. The predicted octanol–water partition coefficient (Wildman–Crippen LogP) is -1.26. The molecule has 4 heterocycles. The maximum atomic E-state index is 8.84. The number of rotatable bonds is 3. The molecule has 0 aromatic heterocycles. The molecule has 2 fully saturated rings. The minimum absolute atomic E-state index is 0.314. The van der Waals surface area contributed by atoms with Gasteiger partial charge in [0.2, 0.25) is 0 Å². The van der Waals surface area contributed by atoms with Crippen LogP contribution in [-0.2, 0) is 0 Å². The summed E-state index contributed by atoms with van der Waals surface area (Å²) in [4.78, 5) is 9.49. The Balaban J connectivity index is 1.94. The lowest BCUT2D eigenvalue weighted by atomic mass is 9.98. The summed E-state index contributed by atoms with van der Waals surface area (Å²) in [5.74, 6) is 2.61. The Morgan fingerprint density at radius 3 is 1.58 bits per heavy atom. The summed E-state index contributed by atoms with van der Waals surface area (Å²) in [7, 11) is 0. The molecule has 0 saturated carbocycles. The van der Waals surface area contributed by atoms with Crippen molar-refractivity contribution >= 4 is 23.8 Å². The van der Waals surface area contributed by atoms with E-state index in [0.29, 0.717) is 20.9 Å². The van der Waals surface area contributed by atoms with Crippen LogP contribution >= 0.6 is 0 Å². The molecule has 10 nitrogen and oxygen atoms in total. The van der Waals surface area contributed by atoms with E-state index in [4.69, 9.17) is 20.8 Å². The fourth-order valence-electron chi connectivity index (χ4n) is 5.13. The SMILES string of the molecule is CCC(C)([N+]1(C2=NCCN2)CCNC1=N)[N+]1(C2=NCCN2)CCNC1=N. The lowest BCUT2D eigenvalue weighted by molar-refractivity contribution is -1.01. The first-order valence-corrected chi connectivity index (χ1v) is 9.53. The van der Waals surface area contributed by atoms with Gasteiger partial charge in [0.05, 0.1) is 32.6 Å². The second-order valence-corrected chi connectivity index (χ2v) is 7.45. The molecule has 0 radical (unpaired) electrons. The predicted molar refractivity (Wildman–Crippen MR) is 101 cm³/mol. The van der Waals surface area contributed by atoms with E-state index in [1.807, 2.05) is 0 Å². The molecule has 0 aliphatic carbocycles.